The molecule has 1 saturated heterocycles. The summed E-state index contributed by atoms with van der Waals surface area (Å²) in [4.78, 5) is 6.79. The quantitative estimate of drug-likeness (QED) is 0.437. The lowest BCUT2D eigenvalue weighted by Gasteiger charge is -2.39. The minimum Gasteiger partial charge on any atom is -0.494 e. The summed E-state index contributed by atoms with van der Waals surface area (Å²) in [7, 11) is -3.07. The summed E-state index contributed by atoms with van der Waals surface area (Å²) in [6.07, 6.45) is 2.15. The van der Waals surface area contributed by atoms with Crippen molar-refractivity contribution in [2.75, 3.05) is 32.0 Å². The molecule has 1 aliphatic rings. The Morgan fingerprint density at radius 1 is 1.33 bits per heavy atom. The highest BCUT2D eigenvalue weighted by Crippen LogP contribution is 2.24. The van der Waals surface area contributed by atoms with Crippen LogP contribution in [0.25, 0.3) is 0 Å². The van der Waals surface area contributed by atoms with Gasteiger partial charge in [0.2, 0.25) is 0 Å². The summed E-state index contributed by atoms with van der Waals surface area (Å²) in [5.41, 5.74) is 1.07. The van der Waals surface area contributed by atoms with Crippen LogP contribution in [0.5, 0.6) is 5.75 Å². The van der Waals surface area contributed by atoms with Gasteiger partial charge in [-0.05, 0) is 44.9 Å². The van der Waals surface area contributed by atoms with Gasteiger partial charge in [-0.2, -0.15) is 0 Å². The molecule has 0 saturated carbocycles. The van der Waals surface area contributed by atoms with E-state index in [2.05, 4.69) is 12.2 Å². The van der Waals surface area contributed by atoms with E-state index in [9.17, 15) is 8.42 Å². The van der Waals surface area contributed by atoms with Gasteiger partial charge in [-0.25, -0.2) is 13.4 Å². The highest BCUT2D eigenvalue weighted by Gasteiger charge is 2.40. The maximum absolute atomic E-state index is 12.3. The lowest BCUT2D eigenvalue weighted by atomic mass is 10.2. The van der Waals surface area contributed by atoms with Crippen molar-refractivity contribution < 1.29 is 13.2 Å². The third-order valence-corrected chi connectivity index (χ3v) is 7.29. The zero-order valence-electron chi connectivity index (χ0n) is 17.0. The van der Waals surface area contributed by atoms with E-state index in [4.69, 9.17) is 9.73 Å². The molecule has 152 valence electrons. The van der Waals surface area contributed by atoms with Gasteiger partial charge in [0.25, 0.3) is 0 Å². The topological polar surface area (TPSA) is 71.0 Å². The van der Waals surface area contributed by atoms with Gasteiger partial charge in [0.05, 0.1) is 23.7 Å². The van der Waals surface area contributed by atoms with Crippen LogP contribution < -0.4 is 10.1 Å². The zero-order chi connectivity index (χ0) is 19.9. The van der Waals surface area contributed by atoms with E-state index < -0.39 is 14.6 Å². The summed E-state index contributed by atoms with van der Waals surface area (Å²) in [6.45, 7) is 10.6. The van der Waals surface area contributed by atoms with Crippen molar-refractivity contribution in [1.82, 2.24) is 10.2 Å². The zero-order valence-corrected chi connectivity index (χ0v) is 17.8. The standard InChI is InChI=1S/C20H33N3O3S/c1-5-7-12-26-18-10-8-9-17(14-18)15-22-19(21-6-2)23-11-13-27(24,25)20(3,4)16-23/h8-10,14H,5-7,11-13,15-16H2,1-4H3,(H,21,22). The van der Waals surface area contributed by atoms with Crippen molar-refractivity contribution in [2.24, 2.45) is 4.99 Å². The average molecular weight is 396 g/mol. The number of guanidine groups is 1. The molecule has 1 aromatic rings. The van der Waals surface area contributed by atoms with Gasteiger partial charge in [0, 0.05) is 19.6 Å². The Hall–Kier alpha value is -1.76. The predicted molar refractivity (Wildman–Crippen MR) is 111 cm³/mol. The molecule has 27 heavy (non-hydrogen) atoms. The lowest BCUT2D eigenvalue weighted by Crippen LogP contribution is -2.57. The summed E-state index contributed by atoms with van der Waals surface area (Å²) < 4.78 is 29.5. The molecule has 1 heterocycles. The first-order chi connectivity index (χ1) is 12.8. The molecule has 0 atom stereocenters. The molecule has 6 nitrogen and oxygen atoms in total. The van der Waals surface area contributed by atoms with Crippen LogP contribution in [0.1, 0.15) is 46.1 Å². The van der Waals surface area contributed by atoms with Crippen molar-refractivity contribution in [1.29, 1.82) is 0 Å². The molecule has 1 fully saturated rings. The molecule has 0 unspecified atom stereocenters. The number of rotatable bonds is 7. The Morgan fingerprint density at radius 2 is 2.11 bits per heavy atom. The van der Waals surface area contributed by atoms with E-state index in [1.54, 1.807) is 13.8 Å². The number of aliphatic imine (C=N–C) groups is 1. The molecule has 1 aromatic carbocycles. The molecule has 0 aromatic heterocycles. The van der Waals surface area contributed by atoms with E-state index >= 15 is 0 Å². The van der Waals surface area contributed by atoms with Crippen LogP contribution in [-0.4, -0.2) is 56.0 Å². The molecular weight excluding hydrogens is 362 g/mol. The van der Waals surface area contributed by atoms with Crippen molar-refractivity contribution in [3.63, 3.8) is 0 Å². The van der Waals surface area contributed by atoms with E-state index in [1.165, 1.54) is 0 Å². The minimum absolute atomic E-state index is 0.158. The number of nitrogens with one attached hydrogen (secondary N) is 1. The van der Waals surface area contributed by atoms with Crippen LogP contribution in [0.15, 0.2) is 29.3 Å². The molecule has 7 heteroatoms. The van der Waals surface area contributed by atoms with Gasteiger partial charge < -0.3 is 15.0 Å². The van der Waals surface area contributed by atoms with Gasteiger partial charge in [-0.15, -0.1) is 0 Å². The normalized spacial score (nSPS) is 19.0. The van der Waals surface area contributed by atoms with Gasteiger partial charge in [-0.3, -0.25) is 0 Å². The summed E-state index contributed by atoms with van der Waals surface area (Å²) in [6, 6.07) is 8.00. The van der Waals surface area contributed by atoms with Crippen molar-refractivity contribution in [2.45, 2.75) is 51.8 Å². The molecular formula is C20H33N3O3S. The number of benzene rings is 1. The molecule has 0 aliphatic carbocycles. The SMILES string of the molecule is CCCCOc1cccc(CN=C(NCC)N2CCS(=O)(=O)C(C)(C)C2)c1. The summed E-state index contributed by atoms with van der Waals surface area (Å²) in [5.74, 6) is 1.79. The Kier molecular flexibility index (Phi) is 7.53. The first-order valence-electron chi connectivity index (χ1n) is 9.76. The third kappa shape index (κ3) is 5.86. The Balaban J connectivity index is 2.09. The number of hydrogen-bond acceptors (Lipinski definition) is 4. The van der Waals surface area contributed by atoms with Crippen LogP contribution in [0.2, 0.25) is 0 Å². The number of nitrogens with zero attached hydrogens (tertiary/aromatic N) is 2. The Morgan fingerprint density at radius 3 is 2.78 bits per heavy atom. The molecule has 1 N–H and O–H groups in total. The first kappa shape index (κ1) is 21.5. The van der Waals surface area contributed by atoms with E-state index in [0.717, 1.165) is 43.3 Å². The number of unbranched alkanes of at least 4 members (excludes halogenated alkanes) is 1. The molecule has 1 aliphatic heterocycles. The summed E-state index contributed by atoms with van der Waals surface area (Å²) >= 11 is 0. The van der Waals surface area contributed by atoms with Crippen LogP contribution in [0, 0.1) is 0 Å². The Labute approximate surface area is 163 Å². The van der Waals surface area contributed by atoms with E-state index in [1.807, 2.05) is 36.1 Å². The fourth-order valence-corrected chi connectivity index (χ4v) is 4.35. The molecule has 0 spiro atoms. The van der Waals surface area contributed by atoms with Crippen LogP contribution in [0.3, 0.4) is 0 Å². The van der Waals surface area contributed by atoms with Crippen LogP contribution in [-0.2, 0) is 16.4 Å². The van der Waals surface area contributed by atoms with E-state index in [-0.39, 0.29) is 5.75 Å². The lowest BCUT2D eigenvalue weighted by molar-refractivity contribution is 0.309. The van der Waals surface area contributed by atoms with Gasteiger partial charge in [-0.1, -0.05) is 25.5 Å². The van der Waals surface area contributed by atoms with Gasteiger partial charge >= 0.3 is 0 Å². The second kappa shape index (κ2) is 9.44. The average Bonchev–Trinajstić information content (AvgIpc) is 2.62. The fraction of sp³-hybridized carbons (Fsp3) is 0.650. The van der Waals surface area contributed by atoms with Crippen molar-refractivity contribution in [3.05, 3.63) is 29.8 Å². The smallest absolute Gasteiger partial charge is 0.194 e. The first-order valence-corrected chi connectivity index (χ1v) is 11.4. The third-order valence-electron chi connectivity index (χ3n) is 4.75. The Bertz CT molecular complexity index is 745. The monoisotopic (exact) mass is 395 g/mol. The van der Waals surface area contributed by atoms with Crippen molar-refractivity contribution in [3.8, 4) is 5.75 Å². The predicted octanol–water partition coefficient (Wildman–Crippen LogP) is 2.84. The maximum atomic E-state index is 12.3. The molecule has 2 rings (SSSR count). The maximum Gasteiger partial charge on any atom is 0.194 e. The van der Waals surface area contributed by atoms with Gasteiger partial charge in [0.15, 0.2) is 15.8 Å². The highest BCUT2D eigenvalue weighted by atomic mass is 32.2. The van der Waals surface area contributed by atoms with Crippen molar-refractivity contribution >= 4 is 15.8 Å². The fourth-order valence-electron chi connectivity index (χ4n) is 2.98. The second-order valence-corrected chi connectivity index (χ2v) is 10.3. The molecule has 0 bridgehead atoms. The van der Waals surface area contributed by atoms with E-state index in [0.29, 0.717) is 19.6 Å². The minimum atomic E-state index is -3.07. The van der Waals surface area contributed by atoms with Crippen LogP contribution in [0.4, 0.5) is 0 Å². The second-order valence-electron chi connectivity index (χ2n) is 7.52. The van der Waals surface area contributed by atoms with Gasteiger partial charge in [0.1, 0.15) is 5.75 Å². The number of sulfone groups is 1. The summed E-state index contributed by atoms with van der Waals surface area (Å²) in [5, 5.41) is 3.29. The van der Waals surface area contributed by atoms with Crippen LogP contribution >= 0.6 is 0 Å². The molecule has 0 radical (unpaired) electrons. The number of ether oxygens (including phenoxy) is 1. The molecule has 0 amide bonds. The largest absolute Gasteiger partial charge is 0.494 e. The highest BCUT2D eigenvalue weighted by molar-refractivity contribution is 7.92. The number of hydrogen-bond donors (Lipinski definition) is 1.